The van der Waals surface area contributed by atoms with E-state index in [1.165, 1.54) is 0 Å². The molecule has 0 aliphatic heterocycles. The highest BCUT2D eigenvalue weighted by atomic mass is 16.5. The number of ether oxygens (including phenoxy) is 1. The molecule has 4 aromatic rings. The number of pyridine rings is 1. The number of methoxy groups -OCH3 is 1. The highest BCUT2D eigenvalue weighted by molar-refractivity contribution is 5.94. The molecule has 0 aliphatic carbocycles. The van der Waals surface area contributed by atoms with Gasteiger partial charge in [0.25, 0.3) is 0 Å². The van der Waals surface area contributed by atoms with Crippen molar-refractivity contribution in [2.45, 2.75) is 0 Å². The molecule has 2 N–H and O–H groups in total. The molecule has 3 aromatic carbocycles. The van der Waals surface area contributed by atoms with Crippen LogP contribution in [0.3, 0.4) is 0 Å². The molecule has 30 heavy (non-hydrogen) atoms. The molecule has 5 nitrogen and oxygen atoms in total. The fourth-order valence-electron chi connectivity index (χ4n) is 3.04. The maximum atomic E-state index is 9.92. The Balaban J connectivity index is 1.69. The maximum Gasteiger partial charge on any atom is 0.124 e. The summed E-state index contributed by atoms with van der Waals surface area (Å²) in [7, 11) is 1.63. The van der Waals surface area contributed by atoms with E-state index in [1.807, 2.05) is 72.8 Å². The van der Waals surface area contributed by atoms with Gasteiger partial charge < -0.3 is 9.84 Å². The van der Waals surface area contributed by atoms with Gasteiger partial charge in [0.1, 0.15) is 11.5 Å². The predicted octanol–water partition coefficient (Wildman–Crippen LogP) is 5.57. The summed E-state index contributed by atoms with van der Waals surface area (Å²) in [5.41, 5.74) is 7.23. The number of benzene rings is 3. The number of hydrazone groups is 1. The molecule has 1 aromatic heterocycles. The molecule has 5 heteroatoms. The third-order valence-electron chi connectivity index (χ3n) is 4.61. The number of anilines is 1. The minimum absolute atomic E-state index is 0.177. The van der Waals surface area contributed by atoms with E-state index in [9.17, 15) is 5.11 Å². The number of phenols is 1. The molecule has 148 valence electrons. The number of aromatic hydroxyl groups is 1. The van der Waals surface area contributed by atoms with Gasteiger partial charge in [-0.15, -0.1) is 0 Å². The Morgan fingerprint density at radius 2 is 1.73 bits per heavy atom. The third kappa shape index (κ3) is 4.47. The van der Waals surface area contributed by atoms with Crippen LogP contribution in [0, 0.1) is 0 Å². The summed E-state index contributed by atoms with van der Waals surface area (Å²) in [5.74, 6) is 0.917. The summed E-state index contributed by atoms with van der Waals surface area (Å²) < 4.78 is 5.36. The minimum atomic E-state index is 0.177. The van der Waals surface area contributed by atoms with Crippen LogP contribution in [0.1, 0.15) is 16.8 Å². The number of fused-ring (bicyclic) bond motifs is 1. The van der Waals surface area contributed by atoms with Crippen LogP contribution >= 0.6 is 0 Å². The summed E-state index contributed by atoms with van der Waals surface area (Å²) in [5, 5.41) is 15.1. The lowest BCUT2D eigenvalue weighted by atomic mass is 10.1. The number of hydrogen-bond acceptors (Lipinski definition) is 5. The van der Waals surface area contributed by atoms with Gasteiger partial charge in [-0.3, -0.25) is 5.43 Å². The quantitative estimate of drug-likeness (QED) is 0.331. The highest BCUT2D eigenvalue weighted by Crippen LogP contribution is 2.28. The van der Waals surface area contributed by atoms with Crippen LogP contribution < -0.4 is 10.2 Å². The first-order valence-electron chi connectivity index (χ1n) is 9.52. The van der Waals surface area contributed by atoms with Crippen molar-refractivity contribution in [2.24, 2.45) is 5.10 Å². The van der Waals surface area contributed by atoms with Crippen LogP contribution in [0.15, 0.2) is 84.0 Å². The van der Waals surface area contributed by atoms with E-state index >= 15 is 0 Å². The molecule has 0 aliphatic rings. The predicted molar refractivity (Wildman–Crippen MR) is 123 cm³/mol. The Hall–Kier alpha value is -4.12. The van der Waals surface area contributed by atoms with E-state index < -0.39 is 0 Å². The number of phenolic OH excluding ortho intramolecular Hbond substituents is 1. The molecule has 0 atom stereocenters. The molecule has 0 radical (unpaired) electrons. The van der Waals surface area contributed by atoms with Gasteiger partial charge in [-0.05, 0) is 48.0 Å². The van der Waals surface area contributed by atoms with Gasteiger partial charge in [-0.25, -0.2) is 4.98 Å². The van der Waals surface area contributed by atoms with Gasteiger partial charge in [0.05, 0.1) is 30.2 Å². The van der Waals surface area contributed by atoms with Crippen LogP contribution in [-0.4, -0.2) is 23.4 Å². The lowest BCUT2D eigenvalue weighted by Crippen LogP contribution is -1.96. The molecule has 0 fully saturated rings. The fraction of sp³-hybridized carbons (Fsp3) is 0.0400. The SMILES string of the molecule is COc1ccc2nc(C=Cc3ccccc3)cc(N/N=C/c3ccccc3O)c2c1. The molecule has 0 unspecified atom stereocenters. The second kappa shape index (κ2) is 8.92. The first-order chi connectivity index (χ1) is 14.7. The number of aromatic nitrogens is 1. The second-order valence-electron chi connectivity index (χ2n) is 6.65. The van der Waals surface area contributed by atoms with E-state index in [2.05, 4.69) is 10.5 Å². The molecular formula is C25H21N3O2. The number of nitrogens with one attached hydrogen (secondary N) is 1. The van der Waals surface area contributed by atoms with Gasteiger partial charge in [-0.1, -0.05) is 48.5 Å². The van der Waals surface area contributed by atoms with E-state index in [0.717, 1.165) is 33.6 Å². The molecule has 1 heterocycles. The van der Waals surface area contributed by atoms with E-state index in [4.69, 9.17) is 9.72 Å². The van der Waals surface area contributed by atoms with Crippen molar-refractivity contribution in [1.29, 1.82) is 0 Å². The Labute approximate surface area is 175 Å². The molecule has 0 amide bonds. The van der Waals surface area contributed by atoms with E-state index in [-0.39, 0.29) is 5.75 Å². The smallest absolute Gasteiger partial charge is 0.124 e. The Kier molecular flexibility index (Phi) is 5.71. The van der Waals surface area contributed by atoms with Crippen molar-refractivity contribution in [1.82, 2.24) is 4.98 Å². The molecule has 0 spiro atoms. The van der Waals surface area contributed by atoms with Crippen LogP contribution in [0.25, 0.3) is 23.1 Å². The second-order valence-corrected chi connectivity index (χ2v) is 6.65. The molecular weight excluding hydrogens is 374 g/mol. The zero-order valence-corrected chi connectivity index (χ0v) is 16.5. The Morgan fingerprint density at radius 3 is 2.53 bits per heavy atom. The average molecular weight is 395 g/mol. The first kappa shape index (κ1) is 19.2. The lowest BCUT2D eigenvalue weighted by molar-refractivity contribution is 0.415. The van der Waals surface area contributed by atoms with Crippen molar-refractivity contribution >= 4 is 35.0 Å². The third-order valence-corrected chi connectivity index (χ3v) is 4.61. The Morgan fingerprint density at radius 1 is 0.933 bits per heavy atom. The lowest BCUT2D eigenvalue weighted by Gasteiger charge is -2.09. The monoisotopic (exact) mass is 395 g/mol. The summed E-state index contributed by atoms with van der Waals surface area (Å²) in [4.78, 5) is 4.73. The standard InChI is InChI=1S/C25H21N3O2/c1-30-21-13-14-23-22(16-21)24(28-26-17-19-9-5-6-10-25(19)29)15-20(27-23)12-11-18-7-3-2-4-8-18/h2-17,29H,1H3,(H,27,28)/b12-11?,26-17+. The van der Waals surface area contributed by atoms with Gasteiger partial charge in [0.2, 0.25) is 0 Å². The zero-order valence-electron chi connectivity index (χ0n) is 16.5. The average Bonchev–Trinajstić information content (AvgIpc) is 2.79. The topological polar surface area (TPSA) is 66.7 Å². The van der Waals surface area contributed by atoms with Crippen LogP contribution in [0.5, 0.6) is 11.5 Å². The van der Waals surface area contributed by atoms with Crippen molar-refractivity contribution < 1.29 is 9.84 Å². The van der Waals surface area contributed by atoms with Crippen molar-refractivity contribution in [2.75, 3.05) is 12.5 Å². The number of nitrogens with zero attached hydrogens (tertiary/aromatic N) is 2. The van der Waals surface area contributed by atoms with Crippen molar-refractivity contribution in [3.8, 4) is 11.5 Å². The van der Waals surface area contributed by atoms with E-state index in [1.54, 1.807) is 31.5 Å². The van der Waals surface area contributed by atoms with Crippen molar-refractivity contribution in [3.05, 3.63) is 95.7 Å². The summed E-state index contributed by atoms with van der Waals surface area (Å²) in [6.07, 6.45) is 5.57. The summed E-state index contributed by atoms with van der Waals surface area (Å²) in [6, 6.07) is 24.8. The van der Waals surface area contributed by atoms with Crippen LogP contribution in [0.2, 0.25) is 0 Å². The molecule has 0 bridgehead atoms. The number of hydrogen-bond donors (Lipinski definition) is 2. The summed E-state index contributed by atoms with van der Waals surface area (Å²) >= 11 is 0. The van der Waals surface area contributed by atoms with E-state index in [0.29, 0.717) is 5.56 Å². The first-order valence-corrected chi connectivity index (χ1v) is 9.52. The van der Waals surface area contributed by atoms with Gasteiger partial charge in [-0.2, -0.15) is 5.10 Å². The molecule has 0 saturated heterocycles. The largest absolute Gasteiger partial charge is 0.507 e. The number of rotatable bonds is 6. The van der Waals surface area contributed by atoms with Crippen LogP contribution in [-0.2, 0) is 0 Å². The Bertz CT molecular complexity index is 1220. The van der Waals surface area contributed by atoms with Gasteiger partial charge in [0, 0.05) is 10.9 Å². The fourth-order valence-corrected chi connectivity index (χ4v) is 3.04. The zero-order chi connectivity index (χ0) is 20.8. The van der Waals surface area contributed by atoms with Crippen molar-refractivity contribution in [3.63, 3.8) is 0 Å². The molecule has 0 saturated carbocycles. The molecule has 4 rings (SSSR count). The maximum absolute atomic E-state index is 9.92. The van der Waals surface area contributed by atoms with Gasteiger partial charge in [0.15, 0.2) is 0 Å². The highest BCUT2D eigenvalue weighted by Gasteiger charge is 2.06. The summed E-state index contributed by atoms with van der Waals surface area (Å²) in [6.45, 7) is 0. The normalized spacial score (nSPS) is 11.4. The van der Waals surface area contributed by atoms with Gasteiger partial charge >= 0.3 is 0 Å². The van der Waals surface area contributed by atoms with Crippen LogP contribution in [0.4, 0.5) is 5.69 Å². The number of para-hydroxylation sites is 1. The minimum Gasteiger partial charge on any atom is -0.507 e.